The highest BCUT2D eigenvalue weighted by atomic mass is 16.7. The van der Waals surface area contributed by atoms with E-state index in [-0.39, 0.29) is 12.7 Å². The summed E-state index contributed by atoms with van der Waals surface area (Å²) in [5.41, 5.74) is 0.982. The lowest BCUT2D eigenvalue weighted by molar-refractivity contribution is -0.165. The summed E-state index contributed by atoms with van der Waals surface area (Å²) in [7, 11) is 0. The highest BCUT2D eigenvalue weighted by Crippen LogP contribution is 2.33. The number of aliphatic hydroxyl groups excluding tert-OH is 1. The van der Waals surface area contributed by atoms with Crippen molar-refractivity contribution in [1.82, 2.24) is 0 Å². The van der Waals surface area contributed by atoms with E-state index in [1.54, 1.807) is 0 Å². The third kappa shape index (κ3) is 1.66. The molecule has 0 aromatic heterocycles. The van der Waals surface area contributed by atoms with Gasteiger partial charge in [-0.1, -0.05) is 30.3 Å². The van der Waals surface area contributed by atoms with E-state index in [2.05, 4.69) is 0 Å². The van der Waals surface area contributed by atoms with Gasteiger partial charge in [0.15, 0.2) is 5.79 Å². The molecule has 14 heavy (non-hydrogen) atoms. The van der Waals surface area contributed by atoms with Crippen molar-refractivity contribution >= 4 is 0 Å². The summed E-state index contributed by atoms with van der Waals surface area (Å²) < 4.78 is 11.2. The molecule has 1 aliphatic rings. The van der Waals surface area contributed by atoms with Crippen molar-refractivity contribution < 1.29 is 14.6 Å². The van der Waals surface area contributed by atoms with Crippen molar-refractivity contribution in [3.8, 4) is 0 Å². The number of ether oxygens (including phenoxy) is 2. The van der Waals surface area contributed by atoms with Crippen LogP contribution in [0.3, 0.4) is 0 Å². The lowest BCUT2D eigenvalue weighted by atomic mass is 10.1. The number of hydrogen-bond acceptors (Lipinski definition) is 3. The van der Waals surface area contributed by atoms with Crippen molar-refractivity contribution in [3.63, 3.8) is 0 Å². The van der Waals surface area contributed by atoms with Gasteiger partial charge in [-0.05, 0) is 6.92 Å². The molecule has 1 heterocycles. The molecule has 1 N–H and O–H groups in total. The Kier molecular flexibility index (Phi) is 2.54. The van der Waals surface area contributed by atoms with E-state index in [4.69, 9.17) is 14.6 Å². The zero-order chi connectivity index (χ0) is 10.0. The van der Waals surface area contributed by atoms with Crippen LogP contribution in [-0.4, -0.2) is 24.4 Å². The molecule has 3 nitrogen and oxygen atoms in total. The molecule has 0 bridgehead atoms. The molecule has 1 aromatic rings. The van der Waals surface area contributed by atoms with E-state index in [1.165, 1.54) is 0 Å². The first kappa shape index (κ1) is 9.65. The summed E-state index contributed by atoms with van der Waals surface area (Å²) in [6, 6.07) is 9.75. The Balaban J connectivity index is 2.19. The minimum atomic E-state index is -0.700. The fourth-order valence-electron chi connectivity index (χ4n) is 1.62. The van der Waals surface area contributed by atoms with Crippen molar-refractivity contribution in [3.05, 3.63) is 35.9 Å². The van der Waals surface area contributed by atoms with Crippen LogP contribution in [0.1, 0.15) is 12.5 Å². The van der Waals surface area contributed by atoms with Crippen molar-refractivity contribution in [2.24, 2.45) is 0 Å². The van der Waals surface area contributed by atoms with Crippen LogP contribution in [0, 0.1) is 0 Å². The van der Waals surface area contributed by atoms with Crippen LogP contribution in [0.25, 0.3) is 0 Å². The smallest absolute Gasteiger partial charge is 0.192 e. The van der Waals surface area contributed by atoms with E-state index in [1.807, 2.05) is 37.3 Å². The van der Waals surface area contributed by atoms with Gasteiger partial charge in [-0.15, -0.1) is 0 Å². The van der Waals surface area contributed by atoms with Gasteiger partial charge in [0.1, 0.15) is 6.10 Å². The molecule has 2 rings (SSSR count). The Labute approximate surface area is 83.3 Å². The molecule has 0 aliphatic carbocycles. The first-order chi connectivity index (χ1) is 6.74. The molecular formula is C11H14O3. The van der Waals surface area contributed by atoms with E-state index in [0.717, 1.165) is 5.56 Å². The van der Waals surface area contributed by atoms with Gasteiger partial charge in [0.2, 0.25) is 0 Å². The predicted octanol–water partition coefficient (Wildman–Crippen LogP) is 1.27. The molecule has 1 aromatic carbocycles. The van der Waals surface area contributed by atoms with E-state index >= 15 is 0 Å². The second-order valence-corrected chi connectivity index (χ2v) is 3.55. The molecule has 0 amide bonds. The third-order valence-corrected chi connectivity index (χ3v) is 2.44. The standard InChI is InChI=1S/C11H14O3/c1-11(9-5-3-2-4-6-9)13-8-10(7-12)14-11/h2-6,10,12H,7-8H2,1H3/t10-,11+/m0/s1. The largest absolute Gasteiger partial charge is 0.394 e. The van der Waals surface area contributed by atoms with Gasteiger partial charge in [-0.25, -0.2) is 0 Å². The maximum absolute atomic E-state index is 8.94. The van der Waals surface area contributed by atoms with Crippen LogP contribution in [0.15, 0.2) is 30.3 Å². The lowest BCUT2D eigenvalue weighted by Gasteiger charge is -2.23. The zero-order valence-electron chi connectivity index (χ0n) is 8.14. The van der Waals surface area contributed by atoms with Gasteiger partial charge in [-0.2, -0.15) is 0 Å². The summed E-state index contributed by atoms with van der Waals surface area (Å²) in [5.74, 6) is -0.700. The second kappa shape index (κ2) is 3.69. The van der Waals surface area contributed by atoms with Gasteiger partial charge in [0.25, 0.3) is 0 Å². The number of benzene rings is 1. The van der Waals surface area contributed by atoms with Gasteiger partial charge in [0, 0.05) is 5.56 Å². The van der Waals surface area contributed by atoms with Crippen molar-refractivity contribution in [2.45, 2.75) is 18.8 Å². The fraction of sp³-hybridized carbons (Fsp3) is 0.455. The molecule has 76 valence electrons. The van der Waals surface area contributed by atoms with Crippen molar-refractivity contribution in [1.29, 1.82) is 0 Å². The average Bonchev–Trinajstić information content (AvgIpc) is 2.63. The Bertz CT molecular complexity index is 299. The average molecular weight is 194 g/mol. The third-order valence-electron chi connectivity index (χ3n) is 2.44. The first-order valence-corrected chi connectivity index (χ1v) is 4.73. The number of rotatable bonds is 2. The van der Waals surface area contributed by atoms with Crippen LogP contribution in [-0.2, 0) is 15.3 Å². The van der Waals surface area contributed by atoms with E-state index in [0.29, 0.717) is 6.61 Å². The summed E-state index contributed by atoms with van der Waals surface area (Å²) in [5, 5.41) is 8.94. The highest BCUT2D eigenvalue weighted by molar-refractivity contribution is 5.20. The molecule has 0 radical (unpaired) electrons. The molecule has 0 spiro atoms. The quantitative estimate of drug-likeness (QED) is 0.770. The Morgan fingerprint density at radius 2 is 2.14 bits per heavy atom. The molecule has 2 atom stereocenters. The molecule has 1 saturated heterocycles. The van der Waals surface area contributed by atoms with Crippen LogP contribution in [0.5, 0.6) is 0 Å². The Morgan fingerprint density at radius 3 is 2.71 bits per heavy atom. The Morgan fingerprint density at radius 1 is 1.43 bits per heavy atom. The highest BCUT2D eigenvalue weighted by Gasteiger charge is 2.38. The summed E-state index contributed by atoms with van der Waals surface area (Å²) in [6.07, 6.45) is -0.208. The maximum Gasteiger partial charge on any atom is 0.192 e. The van der Waals surface area contributed by atoms with E-state index in [9.17, 15) is 0 Å². The minimum Gasteiger partial charge on any atom is -0.394 e. The molecular weight excluding hydrogens is 180 g/mol. The zero-order valence-corrected chi connectivity index (χ0v) is 8.14. The second-order valence-electron chi connectivity index (χ2n) is 3.55. The molecule has 1 aliphatic heterocycles. The fourth-order valence-corrected chi connectivity index (χ4v) is 1.62. The van der Waals surface area contributed by atoms with Gasteiger partial charge < -0.3 is 14.6 Å². The van der Waals surface area contributed by atoms with E-state index < -0.39 is 5.79 Å². The summed E-state index contributed by atoms with van der Waals surface area (Å²) in [4.78, 5) is 0. The Hall–Kier alpha value is -0.900. The molecule has 0 saturated carbocycles. The van der Waals surface area contributed by atoms with Gasteiger partial charge in [0.05, 0.1) is 13.2 Å². The lowest BCUT2D eigenvalue weighted by Crippen LogP contribution is -2.24. The van der Waals surface area contributed by atoms with Crippen LogP contribution < -0.4 is 0 Å². The number of aliphatic hydroxyl groups is 1. The summed E-state index contributed by atoms with van der Waals surface area (Å²) in [6.45, 7) is 2.32. The SMILES string of the molecule is C[C@@]1(c2ccccc2)OC[C@H](CO)O1. The topological polar surface area (TPSA) is 38.7 Å². The minimum absolute atomic E-state index is 0.00240. The molecule has 3 heteroatoms. The normalized spacial score (nSPS) is 32.0. The predicted molar refractivity (Wildman–Crippen MR) is 51.7 cm³/mol. The maximum atomic E-state index is 8.94. The van der Waals surface area contributed by atoms with Crippen LogP contribution in [0.2, 0.25) is 0 Å². The van der Waals surface area contributed by atoms with Crippen molar-refractivity contribution in [2.75, 3.05) is 13.2 Å². The molecule has 1 fully saturated rings. The molecule has 0 unspecified atom stereocenters. The van der Waals surface area contributed by atoms with Crippen LogP contribution in [0.4, 0.5) is 0 Å². The first-order valence-electron chi connectivity index (χ1n) is 4.73. The van der Waals surface area contributed by atoms with Gasteiger partial charge >= 0.3 is 0 Å². The summed E-state index contributed by atoms with van der Waals surface area (Å²) >= 11 is 0. The number of hydrogen-bond donors (Lipinski definition) is 1. The van der Waals surface area contributed by atoms with Crippen LogP contribution >= 0.6 is 0 Å². The monoisotopic (exact) mass is 194 g/mol. The van der Waals surface area contributed by atoms with Gasteiger partial charge in [-0.3, -0.25) is 0 Å².